The van der Waals surface area contributed by atoms with Gasteiger partial charge in [-0.25, -0.2) is 17.8 Å². The van der Waals surface area contributed by atoms with E-state index in [2.05, 4.69) is 20.9 Å². The molecule has 1 aromatic heterocycles. The highest BCUT2D eigenvalue weighted by Crippen LogP contribution is 2.25. The van der Waals surface area contributed by atoms with E-state index in [0.29, 0.717) is 4.47 Å². The van der Waals surface area contributed by atoms with Crippen molar-refractivity contribution in [2.75, 3.05) is 20.2 Å². The van der Waals surface area contributed by atoms with Gasteiger partial charge in [-0.2, -0.15) is 4.31 Å². The number of rotatable bonds is 6. The number of aromatic nitrogens is 1. The Labute approximate surface area is 147 Å². The third-order valence-corrected chi connectivity index (χ3v) is 5.68. The average Bonchev–Trinajstić information content (AvgIpc) is 2.51. The summed E-state index contributed by atoms with van der Waals surface area (Å²) in [5.41, 5.74) is 0. The second kappa shape index (κ2) is 7.57. The van der Waals surface area contributed by atoms with Crippen LogP contribution in [0.4, 0.5) is 4.39 Å². The van der Waals surface area contributed by atoms with Crippen molar-refractivity contribution in [2.45, 2.75) is 4.90 Å². The Morgan fingerprint density at radius 3 is 2.78 bits per heavy atom. The number of sulfonamides is 1. The van der Waals surface area contributed by atoms with Crippen LogP contribution in [-0.4, -0.2) is 37.9 Å². The Hall–Kier alpha value is -1.22. The minimum atomic E-state index is -3.82. The Morgan fingerprint density at radius 2 is 2.09 bits per heavy atom. The first-order valence-corrected chi connectivity index (χ1v) is 9.08. The summed E-state index contributed by atoms with van der Waals surface area (Å²) >= 11 is 9.02. The van der Waals surface area contributed by atoms with Gasteiger partial charge in [0.2, 0.25) is 10.0 Å². The fourth-order valence-electron chi connectivity index (χ4n) is 1.72. The van der Waals surface area contributed by atoms with E-state index in [0.717, 1.165) is 4.31 Å². The fourth-order valence-corrected chi connectivity index (χ4v) is 3.79. The number of benzene rings is 1. The lowest BCUT2D eigenvalue weighted by molar-refractivity contribution is 0.275. The molecule has 2 rings (SSSR count). The molecule has 0 bridgehead atoms. The molecule has 0 unspecified atom stereocenters. The van der Waals surface area contributed by atoms with Gasteiger partial charge in [-0.15, -0.1) is 0 Å². The number of hydrogen-bond donors (Lipinski definition) is 0. The van der Waals surface area contributed by atoms with E-state index >= 15 is 0 Å². The zero-order chi connectivity index (χ0) is 17.0. The maximum Gasteiger partial charge on any atom is 0.246 e. The number of nitrogens with zero attached hydrogens (tertiary/aromatic N) is 2. The molecule has 2 aromatic rings. The maximum atomic E-state index is 13.4. The Bertz CT molecular complexity index is 804. The van der Waals surface area contributed by atoms with Gasteiger partial charge in [0.1, 0.15) is 16.7 Å². The monoisotopic (exact) mass is 422 g/mol. The highest BCUT2D eigenvalue weighted by molar-refractivity contribution is 9.10. The summed E-state index contributed by atoms with van der Waals surface area (Å²) in [6.07, 6.45) is 1.41. The predicted molar refractivity (Wildman–Crippen MR) is 88.7 cm³/mol. The standard InChI is InChI=1S/C14H13BrClFN2O3S/c1-19(6-7-22-12-5-3-2-4-11(12)17)23(20,21)13-8-10(15)9-18-14(13)16/h2-5,8-9H,6-7H2,1H3. The van der Waals surface area contributed by atoms with Crippen LogP contribution in [0.2, 0.25) is 5.15 Å². The predicted octanol–water partition coefficient (Wildman–Crippen LogP) is 3.34. The molecule has 23 heavy (non-hydrogen) atoms. The van der Waals surface area contributed by atoms with E-state index < -0.39 is 15.8 Å². The molecule has 0 saturated heterocycles. The molecule has 0 aliphatic rings. The quantitative estimate of drug-likeness (QED) is 0.669. The average molecular weight is 424 g/mol. The van der Waals surface area contributed by atoms with Gasteiger partial charge >= 0.3 is 0 Å². The van der Waals surface area contributed by atoms with E-state index in [9.17, 15) is 12.8 Å². The molecule has 9 heteroatoms. The number of para-hydroxylation sites is 1. The summed E-state index contributed by atoms with van der Waals surface area (Å²) in [5.74, 6) is -0.433. The molecule has 0 atom stereocenters. The van der Waals surface area contributed by atoms with Crippen molar-refractivity contribution in [3.05, 3.63) is 52.0 Å². The Kier molecular flexibility index (Phi) is 5.96. The third kappa shape index (κ3) is 4.41. The second-order valence-corrected chi connectivity index (χ2v) is 7.83. The van der Waals surface area contributed by atoms with Crippen LogP contribution >= 0.6 is 27.5 Å². The van der Waals surface area contributed by atoms with Crippen LogP contribution in [0.3, 0.4) is 0 Å². The van der Waals surface area contributed by atoms with Crippen molar-refractivity contribution in [1.29, 1.82) is 0 Å². The first kappa shape index (κ1) is 18.1. The summed E-state index contributed by atoms with van der Waals surface area (Å²) in [6, 6.07) is 7.29. The first-order valence-electron chi connectivity index (χ1n) is 6.47. The fraction of sp³-hybridized carbons (Fsp3) is 0.214. The van der Waals surface area contributed by atoms with Crippen LogP contribution < -0.4 is 4.74 Å². The van der Waals surface area contributed by atoms with Gasteiger partial charge in [0.25, 0.3) is 0 Å². The van der Waals surface area contributed by atoms with Crippen LogP contribution in [0, 0.1) is 5.82 Å². The summed E-state index contributed by atoms with van der Waals surface area (Å²) in [4.78, 5) is 3.69. The number of halogens is 3. The van der Waals surface area contributed by atoms with E-state index in [1.807, 2.05) is 0 Å². The molecule has 0 aliphatic heterocycles. The van der Waals surface area contributed by atoms with E-state index in [1.165, 1.54) is 31.4 Å². The van der Waals surface area contributed by atoms with Crippen LogP contribution in [0.5, 0.6) is 5.75 Å². The number of ether oxygens (including phenoxy) is 1. The summed E-state index contributed by atoms with van der Waals surface area (Å²) in [6.45, 7) is 0.0230. The van der Waals surface area contributed by atoms with Gasteiger partial charge < -0.3 is 4.74 Å². The molecule has 1 aromatic carbocycles. The largest absolute Gasteiger partial charge is 0.489 e. The Balaban J connectivity index is 2.06. The molecular formula is C14H13BrClFN2O3S. The van der Waals surface area contributed by atoms with Crippen molar-refractivity contribution in [1.82, 2.24) is 9.29 Å². The van der Waals surface area contributed by atoms with Gasteiger partial charge in [-0.05, 0) is 34.1 Å². The lowest BCUT2D eigenvalue weighted by Crippen LogP contribution is -2.31. The molecule has 1 heterocycles. The van der Waals surface area contributed by atoms with Gasteiger partial charge in [0, 0.05) is 24.3 Å². The smallest absolute Gasteiger partial charge is 0.246 e. The zero-order valence-corrected chi connectivity index (χ0v) is 15.2. The van der Waals surface area contributed by atoms with Crippen LogP contribution in [0.1, 0.15) is 0 Å². The molecule has 0 saturated carbocycles. The third-order valence-electron chi connectivity index (χ3n) is 2.96. The van der Waals surface area contributed by atoms with Crippen molar-refractivity contribution in [3.8, 4) is 5.75 Å². The molecule has 0 radical (unpaired) electrons. The number of likely N-dealkylation sites (N-methyl/N-ethyl adjacent to an activating group) is 1. The molecule has 0 amide bonds. The van der Waals surface area contributed by atoms with Crippen molar-refractivity contribution >= 4 is 37.6 Å². The number of pyridine rings is 1. The highest BCUT2D eigenvalue weighted by atomic mass is 79.9. The van der Waals surface area contributed by atoms with Gasteiger partial charge in [-0.3, -0.25) is 0 Å². The molecule has 0 N–H and O–H groups in total. The van der Waals surface area contributed by atoms with Gasteiger partial charge in [0.15, 0.2) is 11.6 Å². The van der Waals surface area contributed by atoms with Crippen molar-refractivity contribution in [3.63, 3.8) is 0 Å². The summed E-state index contributed by atoms with van der Waals surface area (Å²) in [5, 5.41) is -0.116. The maximum absolute atomic E-state index is 13.4. The Morgan fingerprint density at radius 1 is 1.39 bits per heavy atom. The highest BCUT2D eigenvalue weighted by Gasteiger charge is 2.24. The van der Waals surface area contributed by atoms with Crippen LogP contribution in [0.25, 0.3) is 0 Å². The summed E-state index contributed by atoms with van der Waals surface area (Å²) < 4.78 is 45.2. The van der Waals surface area contributed by atoms with E-state index in [-0.39, 0.29) is 28.9 Å². The van der Waals surface area contributed by atoms with Crippen LogP contribution in [-0.2, 0) is 10.0 Å². The van der Waals surface area contributed by atoms with E-state index in [4.69, 9.17) is 16.3 Å². The normalized spacial score (nSPS) is 11.7. The van der Waals surface area contributed by atoms with Gasteiger partial charge in [-0.1, -0.05) is 23.7 Å². The molecule has 0 fully saturated rings. The SMILES string of the molecule is CN(CCOc1ccccc1F)S(=O)(=O)c1cc(Br)cnc1Cl. The first-order chi connectivity index (χ1) is 10.8. The summed E-state index contributed by atoms with van der Waals surface area (Å²) in [7, 11) is -2.44. The molecule has 5 nitrogen and oxygen atoms in total. The van der Waals surface area contributed by atoms with Gasteiger partial charge in [0.05, 0.1) is 0 Å². The van der Waals surface area contributed by atoms with Crippen molar-refractivity contribution < 1.29 is 17.5 Å². The second-order valence-electron chi connectivity index (χ2n) is 4.55. The molecule has 0 spiro atoms. The molecule has 124 valence electrons. The van der Waals surface area contributed by atoms with E-state index in [1.54, 1.807) is 12.1 Å². The van der Waals surface area contributed by atoms with Crippen molar-refractivity contribution in [2.24, 2.45) is 0 Å². The molecular weight excluding hydrogens is 411 g/mol. The molecule has 0 aliphatic carbocycles. The minimum absolute atomic E-state index is 0.00425. The number of hydrogen-bond acceptors (Lipinski definition) is 4. The minimum Gasteiger partial charge on any atom is -0.489 e. The zero-order valence-electron chi connectivity index (χ0n) is 12.0. The van der Waals surface area contributed by atoms with Crippen LogP contribution in [0.15, 0.2) is 45.9 Å². The lowest BCUT2D eigenvalue weighted by Gasteiger charge is -2.18. The topological polar surface area (TPSA) is 59.5 Å². The lowest BCUT2D eigenvalue weighted by atomic mass is 10.3.